The van der Waals surface area contributed by atoms with Crippen LogP contribution >= 0.6 is 15.6 Å². The van der Waals surface area contributed by atoms with Crippen molar-refractivity contribution in [2.24, 2.45) is 17.8 Å². The van der Waals surface area contributed by atoms with Crippen LogP contribution in [0.3, 0.4) is 0 Å². The number of carbonyl (C=O) groups is 4. The van der Waals surface area contributed by atoms with E-state index in [1.54, 1.807) is 0 Å². The van der Waals surface area contributed by atoms with Gasteiger partial charge in [-0.2, -0.15) is 0 Å². The van der Waals surface area contributed by atoms with Crippen LogP contribution in [-0.2, 0) is 65.4 Å². The largest absolute Gasteiger partial charge is 0.472 e. The Morgan fingerprint density at radius 1 is 0.287 bits per heavy atom. The van der Waals surface area contributed by atoms with Crippen LogP contribution in [-0.4, -0.2) is 96.7 Å². The van der Waals surface area contributed by atoms with Gasteiger partial charge in [-0.3, -0.25) is 37.3 Å². The molecule has 0 amide bonds. The summed E-state index contributed by atoms with van der Waals surface area (Å²) in [6.45, 7) is 11.9. The van der Waals surface area contributed by atoms with Crippen molar-refractivity contribution in [3.63, 3.8) is 0 Å². The Balaban J connectivity index is 5.21. The zero-order valence-electron chi connectivity index (χ0n) is 66.4. The van der Waals surface area contributed by atoms with Gasteiger partial charge < -0.3 is 33.8 Å². The maximum absolute atomic E-state index is 13.1. The summed E-state index contributed by atoms with van der Waals surface area (Å²) in [5, 5.41) is 10.6. The highest BCUT2D eigenvalue weighted by Crippen LogP contribution is 2.45. The predicted molar refractivity (Wildman–Crippen MR) is 414 cm³/mol. The van der Waals surface area contributed by atoms with Crippen LogP contribution in [0.5, 0.6) is 0 Å². The molecule has 19 heteroatoms. The molecule has 3 N–H and O–H groups in total. The van der Waals surface area contributed by atoms with Crippen molar-refractivity contribution in [3.8, 4) is 0 Å². The first-order valence-electron chi connectivity index (χ1n) is 42.4. The number of aliphatic hydroxyl groups excluding tert-OH is 1. The zero-order valence-corrected chi connectivity index (χ0v) is 68.2. The molecule has 0 aromatic carbocycles. The van der Waals surface area contributed by atoms with Crippen molar-refractivity contribution in [2.45, 2.75) is 446 Å². The number of rotatable bonds is 80. The van der Waals surface area contributed by atoms with Crippen LogP contribution in [0.25, 0.3) is 0 Å². The number of hydrogen-bond acceptors (Lipinski definition) is 15. The van der Waals surface area contributed by atoms with Gasteiger partial charge in [-0.15, -0.1) is 0 Å². The second-order valence-electron chi connectivity index (χ2n) is 30.7. The van der Waals surface area contributed by atoms with Crippen LogP contribution in [0, 0.1) is 17.8 Å². The van der Waals surface area contributed by atoms with Crippen LogP contribution in [0.1, 0.15) is 427 Å². The first-order valence-corrected chi connectivity index (χ1v) is 45.4. The molecule has 6 atom stereocenters. The van der Waals surface area contributed by atoms with Crippen molar-refractivity contribution in [3.05, 3.63) is 0 Å². The second kappa shape index (κ2) is 72.3. The maximum Gasteiger partial charge on any atom is 0.472 e. The van der Waals surface area contributed by atoms with Crippen molar-refractivity contribution >= 4 is 39.5 Å². The summed E-state index contributed by atoms with van der Waals surface area (Å²) in [5.74, 6) is 0.203. The molecular formula is C82H160O17P2. The second-order valence-corrected chi connectivity index (χ2v) is 33.6. The topological polar surface area (TPSA) is 237 Å². The monoisotopic (exact) mass is 1480 g/mol. The highest BCUT2D eigenvalue weighted by molar-refractivity contribution is 7.47. The Kier molecular flexibility index (Phi) is 70.9. The average Bonchev–Trinajstić information content (AvgIpc) is 0.915. The molecule has 0 aromatic heterocycles. The predicted octanol–water partition coefficient (Wildman–Crippen LogP) is 24.5. The molecule has 600 valence electrons. The lowest BCUT2D eigenvalue weighted by Gasteiger charge is -2.21. The molecule has 0 saturated carbocycles. The minimum absolute atomic E-state index is 0.104. The van der Waals surface area contributed by atoms with E-state index < -0.39 is 97.5 Å². The third-order valence-corrected chi connectivity index (χ3v) is 21.4. The van der Waals surface area contributed by atoms with Gasteiger partial charge in [0.05, 0.1) is 26.4 Å². The minimum atomic E-state index is -4.96. The van der Waals surface area contributed by atoms with Gasteiger partial charge in [0.1, 0.15) is 19.3 Å². The normalized spacial score (nSPS) is 14.2. The molecule has 0 aliphatic rings. The number of carbonyl (C=O) groups excluding carboxylic acids is 4. The van der Waals surface area contributed by atoms with Gasteiger partial charge in [-0.25, -0.2) is 9.13 Å². The number of ether oxygens (including phenoxy) is 4. The number of aliphatic hydroxyl groups is 1. The summed E-state index contributed by atoms with van der Waals surface area (Å²) in [7, 11) is -9.92. The Labute approximate surface area is 619 Å². The van der Waals surface area contributed by atoms with Gasteiger partial charge >= 0.3 is 39.5 Å². The summed E-state index contributed by atoms with van der Waals surface area (Å²) in [6, 6.07) is 0. The molecule has 0 bridgehead atoms. The summed E-state index contributed by atoms with van der Waals surface area (Å²) in [5.41, 5.74) is 0. The smallest absolute Gasteiger partial charge is 0.462 e. The van der Waals surface area contributed by atoms with E-state index in [2.05, 4.69) is 48.5 Å². The van der Waals surface area contributed by atoms with E-state index in [4.69, 9.17) is 37.0 Å². The Morgan fingerprint density at radius 3 is 0.752 bits per heavy atom. The van der Waals surface area contributed by atoms with E-state index in [1.165, 1.54) is 238 Å². The molecule has 0 saturated heterocycles. The number of hydrogen-bond donors (Lipinski definition) is 3. The molecular weight excluding hydrogens is 1320 g/mol. The molecule has 0 rings (SSSR count). The van der Waals surface area contributed by atoms with Crippen molar-refractivity contribution < 1.29 is 80.2 Å². The molecule has 0 spiro atoms. The van der Waals surface area contributed by atoms with Crippen LogP contribution in [0.15, 0.2) is 0 Å². The van der Waals surface area contributed by atoms with Gasteiger partial charge in [0.25, 0.3) is 0 Å². The summed E-state index contributed by atoms with van der Waals surface area (Å²) >= 11 is 0. The Bertz CT molecular complexity index is 1960. The summed E-state index contributed by atoms with van der Waals surface area (Å²) < 4.78 is 68.7. The summed E-state index contributed by atoms with van der Waals surface area (Å²) in [4.78, 5) is 73.0. The van der Waals surface area contributed by atoms with E-state index in [9.17, 15) is 43.2 Å². The Hall–Kier alpha value is -1.94. The maximum atomic E-state index is 13.1. The molecule has 0 heterocycles. The number of unbranched alkanes of at least 4 members (excludes halogenated alkanes) is 47. The average molecular weight is 1480 g/mol. The minimum Gasteiger partial charge on any atom is -0.462 e. The fraction of sp³-hybridized carbons (Fsp3) is 0.951. The van der Waals surface area contributed by atoms with E-state index in [0.29, 0.717) is 25.7 Å². The highest BCUT2D eigenvalue weighted by Gasteiger charge is 2.30. The molecule has 0 aliphatic heterocycles. The van der Waals surface area contributed by atoms with Gasteiger partial charge in [-0.05, 0) is 43.4 Å². The summed E-state index contributed by atoms with van der Waals surface area (Å²) in [6.07, 6.45) is 61.2. The van der Waals surface area contributed by atoms with Crippen molar-refractivity contribution in [1.29, 1.82) is 0 Å². The number of phosphoric acid groups is 2. The lowest BCUT2D eigenvalue weighted by Crippen LogP contribution is -2.30. The fourth-order valence-electron chi connectivity index (χ4n) is 12.6. The molecule has 0 radical (unpaired) electrons. The lowest BCUT2D eigenvalue weighted by atomic mass is 9.99. The van der Waals surface area contributed by atoms with Crippen molar-refractivity contribution in [1.82, 2.24) is 0 Å². The molecule has 0 aliphatic carbocycles. The molecule has 3 unspecified atom stereocenters. The SMILES string of the molecule is CCCCCCCCCCCCCCCCCCCC(=O)OC[C@H](COP(=O)(O)OC[C@@H](O)COP(=O)(O)OC[C@@H](COC(=O)CCCCCCCCCCC(C)C)OC(=O)CCCCCCCCCCC(C)C)OC(=O)CCCCCCCCCCCCCCCCCCCCC(C)CC. The first-order chi connectivity index (χ1) is 48.8. The van der Waals surface area contributed by atoms with Crippen LogP contribution < -0.4 is 0 Å². The number of esters is 4. The quantitative estimate of drug-likeness (QED) is 0.0222. The molecule has 0 aromatic rings. The zero-order chi connectivity index (χ0) is 74.4. The highest BCUT2D eigenvalue weighted by atomic mass is 31.2. The Morgan fingerprint density at radius 2 is 0.505 bits per heavy atom. The molecule has 101 heavy (non-hydrogen) atoms. The standard InChI is InChI=1S/C82H160O17P2/c1-8-10-11-12-13-14-15-16-17-20-24-27-30-33-42-49-56-63-79(84)92-69-77(98-81(86)65-58-51-44-34-31-28-25-22-19-18-21-23-26-29-32-41-48-55-62-75(7)9-2)71-96-100(88,89)94-67-76(83)68-95-101(90,91)97-72-78(99-82(87)66-59-52-45-38-36-40-47-54-61-74(5)6)70-93-80(85)64-57-50-43-37-35-39-46-53-60-73(3)4/h73-78,83H,8-72H2,1-7H3,(H,88,89)(H,90,91)/t75?,76-,77-,78-/m1/s1. The van der Waals surface area contributed by atoms with E-state index in [1.807, 2.05) is 0 Å². The van der Waals surface area contributed by atoms with Gasteiger partial charge in [0, 0.05) is 25.7 Å². The van der Waals surface area contributed by atoms with Crippen molar-refractivity contribution in [2.75, 3.05) is 39.6 Å². The molecule has 17 nitrogen and oxygen atoms in total. The fourth-order valence-corrected chi connectivity index (χ4v) is 14.2. The third kappa shape index (κ3) is 74.7. The van der Waals surface area contributed by atoms with Gasteiger partial charge in [0.15, 0.2) is 12.2 Å². The number of phosphoric ester groups is 2. The van der Waals surface area contributed by atoms with E-state index in [-0.39, 0.29) is 25.7 Å². The first kappa shape index (κ1) is 99.1. The van der Waals surface area contributed by atoms with Gasteiger partial charge in [0.2, 0.25) is 0 Å². The molecule has 0 fully saturated rings. The van der Waals surface area contributed by atoms with Gasteiger partial charge in [-0.1, -0.05) is 376 Å². The van der Waals surface area contributed by atoms with Crippen LogP contribution in [0.2, 0.25) is 0 Å². The van der Waals surface area contributed by atoms with E-state index >= 15 is 0 Å². The third-order valence-electron chi connectivity index (χ3n) is 19.5. The lowest BCUT2D eigenvalue weighted by molar-refractivity contribution is -0.161. The van der Waals surface area contributed by atoms with E-state index in [0.717, 1.165) is 108 Å². The van der Waals surface area contributed by atoms with Crippen LogP contribution in [0.4, 0.5) is 0 Å².